The number of fused-ring (bicyclic) bond motifs is 2. The summed E-state index contributed by atoms with van der Waals surface area (Å²) in [6.07, 6.45) is 2.11. The van der Waals surface area contributed by atoms with E-state index in [4.69, 9.17) is 9.72 Å². The highest BCUT2D eigenvalue weighted by atomic mass is 16.5. The Kier molecular flexibility index (Phi) is 5.17. The first-order valence-corrected chi connectivity index (χ1v) is 10.5. The van der Waals surface area contributed by atoms with Crippen LogP contribution in [0, 0.1) is 0 Å². The molecule has 148 valence electrons. The fourth-order valence-corrected chi connectivity index (χ4v) is 4.03. The Morgan fingerprint density at radius 2 is 1.50 bits per heavy atom. The number of imidazole rings is 1. The predicted molar refractivity (Wildman–Crippen MR) is 123 cm³/mol. The van der Waals surface area contributed by atoms with E-state index < -0.39 is 0 Å². The van der Waals surface area contributed by atoms with E-state index in [0.717, 1.165) is 41.9 Å². The minimum atomic E-state index is 0.452. The Labute approximate surface area is 176 Å². The normalized spacial score (nSPS) is 11.2. The van der Waals surface area contributed by atoms with Crippen LogP contribution in [0.15, 0.2) is 97.1 Å². The zero-order valence-corrected chi connectivity index (χ0v) is 16.9. The zero-order chi connectivity index (χ0) is 20.2. The maximum absolute atomic E-state index is 6.26. The Hall–Kier alpha value is -3.59. The lowest BCUT2D eigenvalue weighted by Crippen LogP contribution is -2.08. The molecule has 0 atom stereocenters. The number of benzene rings is 4. The maximum atomic E-state index is 6.26. The SMILES string of the molecule is c1ccc(CCCn2c(COc3cccc4ccccc34)nc3ccccc32)cc1. The van der Waals surface area contributed by atoms with Gasteiger partial charge in [-0.05, 0) is 42.0 Å². The standard InChI is InChI=1S/C27H24N2O/c1-2-10-21(11-3-1)12-9-19-29-25-17-7-6-16-24(25)28-27(29)20-30-26-18-8-14-22-13-4-5-15-23(22)26/h1-8,10-11,13-18H,9,12,19-20H2. The summed E-state index contributed by atoms with van der Waals surface area (Å²) in [5.74, 6) is 1.87. The molecule has 4 aromatic carbocycles. The third kappa shape index (κ3) is 3.79. The molecule has 5 aromatic rings. The Morgan fingerprint density at radius 3 is 2.43 bits per heavy atom. The molecule has 0 aliphatic heterocycles. The maximum Gasteiger partial charge on any atom is 0.147 e. The molecule has 1 aromatic heterocycles. The highest BCUT2D eigenvalue weighted by Gasteiger charge is 2.12. The minimum Gasteiger partial charge on any atom is -0.485 e. The van der Waals surface area contributed by atoms with Crippen molar-refractivity contribution in [3.63, 3.8) is 0 Å². The summed E-state index contributed by atoms with van der Waals surface area (Å²) in [4.78, 5) is 4.87. The molecule has 3 heteroatoms. The van der Waals surface area contributed by atoms with Crippen molar-refractivity contribution in [3.8, 4) is 5.75 Å². The van der Waals surface area contributed by atoms with E-state index in [9.17, 15) is 0 Å². The molecule has 30 heavy (non-hydrogen) atoms. The van der Waals surface area contributed by atoms with E-state index in [1.807, 2.05) is 24.3 Å². The second kappa shape index (κ2) is 8.42. The van der Waals surface area contributed by atoms with Gasteiger partial charge >= 0.3 is 0 Å². The fourth-order valence-electron chi connectivity index (χ4n) is 4.03. The lowest BCUT2D eigenvalue weighted by atomic mass is 10.1. The number of aryl methyl sites for hydroxylation is 2. The molecular weight excluding hydrogens is 368 g/mol. The number of nitrogens with zero attached hydrogens (tertiary/aromatic N) is 2. The van der Waals surface area contributed by atoms with Gasteiger partial charge in [-0.3, -0.25) is 0 Å². The molecule has 0 saturated carbocycles. The van der Waals surface area contributed by atoms with Crippen molar-refractivity contribution in [3.05, 3.63) is 108 Å². The van der Waals surface area contributed by atoms with E-state index in [0.29, 0.717) is 6.61 Å². The molecule has 0 saturated heterocycles. The summed E-state index contributed by atoms with van der Waals surface area (Å²) >= 11 is 0. The van der Waals surface area contributed by atoms with Gasteiger partial charge in [0.2, 0.25) is 0 Å². The molecule has 0 aliphatic carbocycles. The average molecular weight is 393 g/mol. The van der Waals surface area contributed by atoms with Crippen LogP contribution in [0.5, 0.6) is 5.75 Å². The highest BCUT2D eigenvalue weighted by molar-refractivity contribution is 5.88. The van der Waals surface area contributed by atoms with Gasteiger partial charge in [-0.25, -0.2) is 4.98 Å². The van der Waals surface area contributed by atoms with Gasteiger partial charge in [0.05, 0.1) is 11.0 Å². The van der Waals surface area contributed by atoms with Crippen molar-refractivity contribution < 1.29 is 4.74 Å². The summed E-state index contributed by atoms with van der Waals surface area (Å²) in [6, 6.07) is 33.5. The van der Waals surface area contributed by atoms with Crippen LogP contribution in [0.1, 0.15) is 17.8 Å². The number of rotatable bonds is 7. The molecule has 5 rings (SSSR count). The van der Waals surface area contributed by atoms with Crippen molar-refractivity contribution in [1.29, 1.82) is 0 Å². The van der Waals surface area contributed by atoms with Gasteiger partial charge in [0, 0.05) is 11.9 Å². The molecule has 1 heterocycles. The molecule has 0 aliphatic rings. The third-order valence-electron chi connectivity index (χ3n) is 5.53. The van der Waals surface area contributed by atoms with Gasteiger partial charge in [-0.1, -0.05) is 78.9 Å². The Morgan fingerprint density at radius 1 is 0.733 bits per heavy atom. The fraction of sp³-hybridized carbons (Fsp3) is 0.148. The lowest BCUT2D eigenvalue weighted by molar-refractivity contribution is 0.293. The molecule has 0 amide bonds. The summed E-state index contributed by atoms with van der Waals surface area (Å²) < 4.78 is 8.57. The van der Waals surface area contributed by atoms with Gasteiger partial charge in [-0.2, -0.15) is 0 Å². The van der Waals surface area contributed by atoms with Gasteiger partial charge in [-0.15, -0.1) is 0 Å². The van der Waals surface area contributed by atoms with E-state index in [2.05, 4.69) is 77.4 Å². The van der Waals surface area contributed by atoms with Crippen LogP contribution in [-0.4, -0.2) is 9.55 Å². The number of hydrogen-bond donors (Lipinski definition) is 0. The van der Waals surface area contributed by atoms with Gasteiger partial charge in [0.25, 0.3) is 0 Å². The topological polar surface area (TPSA) is 27.1 Å². The van der Waals surface area contributed by atoms with Crippen LogP contribution < -0.4 is 4.74 Å². The van der Waals surface area contributed by atoms with E-state index in [1.165, 1.54) is 16.5 Å². The summed E-state index contributed by atoms with van der Waals surface area (Å²) in [5, 5.41) is 2.32. The van der Waals surface area contributed by atoms with E-state index in [-0.39, 0.29) is 0 Å². The number of hydrogen-bond acceptors (Lipinski definition) is 2. The lowest BCUT2D eigenvalue weighted by Gasteiger charge is -2.12. The molecule has 0 N–H and O–H groups in total. The summed E-state index contributed by atoms with van der Waals surface area (Å²) in [5.41, 5.74) is 3.56. The predicted octanol–water partition coefficient (Wildman–Crippen LogP) is 6.40. The summed E-state index contributed by atoms with van der Waals surface area (Å²) in [6.45, 7) is 1.37. The van der Waals surface area contributed by atoms with Crippen molar-refractivity contribution in [2.75, 3.05) is 0 Å². The van der Waals surface area contributed by atoms with Crippen LogP contribution >= 0.6 is 0 Å². The second-order valence-electron chi connectivity index (χ2n) is 7.52. The Bertz CT molecular complexity index is 1270. The first kappa shape index (κ1) is 18.4. The van der Waals surface area contributed by atoms with Crippen molar-refractivity contribution in [2.45, 2.75) is 26.0 Å². The smallest absolute Gasteiger partial charge is 0.147 e. The van der Waals surface area contributed by atoms with Gasteiger partial charge in [0.1, 0.15) is 18.2 Å². The average Bonchev–Trinajstić information content (AvgIpc) is 3.16. The first-order valence-electron chi connectivity index (χ1n) is 10.5. The number of para-hydroxylation sites is 2. The molecule has 0 radical (unpaired) electrons. The Balaban J connectivity index is 1.38. The summed E-state index contributed by atoms with van der Waals surface area (Å²) in [7, 11) is 0. The van der Waals surface area contributed by atoms with Gasteiger partial charge < -0.3 is 9.30 Å². The van der Waals surface area contributed by atoms with Crippen molar-refractivity contribution in [2.24, 2.45) is 0 Å². The van der Waals surface area contributed by atoms with Gasteiger partial charge in [0.15, 0.2) is 0 Å². The molecular formula is C27H24N2O. The monoisotopic (exact) mass is 392 g/mol. The van der Waals surface area contributed by atoms with Crippen LogP contribution in [0.2, 0.25) is 0 Å². The molecule has 0 bridgehead atoms. The largest absolute Gasteiger partial charge is 0.485 e. The van der Waals surface area contributed by atoms with Crippen LogP contribution in [0.4, 0.5) is 0 Å². The minimum absolute atomic E-state index is 0.452. The molecule has 0 fully saturated rings. The highest BCUT2D eigenvalue weighted by Crippen LogP contribution is 2.26. The number of aromatic nitrogens is 2. The second-order valence-corrected chi connectivity index (χ2v) is 7.52. The quantitative estimate of drug-likeness (QED) is 0.320. The zero-order valence-electron chi connectivity index (χ0n) is 16.9. The first-order chi connectivity index (χ1) is 14.9. The van der Waals surface area contributed by atoms with E-state index in [1.54, 1.807) is 0 Å². The van der Waals surface area contributed by atoms with Crippen LogP contribution in [-0.2, 0) is 19.6 Å². The van der Waals surface area contributed by atoms with Crippen LogP contribution in [0.3, 0.4) is 0 Å². The van der Waals surface area contributed by atoms with Crippen LogP contribution in [0.25, 0.3) is 21.8 Å². The van der Waals surface area contributed by atoms with E-state index >= 15 is 0 Å². The number of ether oxygens (including phenoxy) is 1. The molecule has 3 nitrogen and oxygen atoms in total. The third-order valence-corrected chi connectivity index (χ3v) is 5.53. The van der Waals surface area contributed by atoms with Crippen molar-refractivity contribution >= 4 is 21.8 Å². The van der Waals surface area contributed by atoms with Crippen molar-refractivity contribution in [1.82, 2.24) is 9.55 Å². The molecule has 0 spiro atoms. The molecule has 0 unspecified atom stereocenters.